The molecular weight excluding hydrogens is 300 g/mol. The average molecular weight is 309 g/mol. The van der Waals surface area contributed by atoms with Crippen molar-refractivity contribution in [1.29, 1.82) is 0 Å². The van der Waals surface area contributed by atoms with Crippen molar-refractivity contribution < 1.29 is 14.6 Å². The number of ether oxygens (including phenoxy) is 1. The van der Waals surface area contributed by atoms with Crippen LogP contribution in [0.2, 0.25) is 0 Å². The van der Waals surface area contributed by atoms with E-state index in [9.17, 15) is 4.79 Å². The number of carboxylic acids is 1. The zero-order valence-electron chi connectivity index (χ0n) is 9.21. The van der Waals surface area contributed by atoms with Crippen molar-refractivity contribution in [2.45, 2.75) is 6.61 Å². The molecule has 0 bridgehead atoms. The van der Waals surface area contributed by atoms with E-state index < -0.39 is 5.97 Å². The zero-order valence-corrected chi connectivity index (χ0v) is 10.8. The van der Waals surface area contributed by atoms with Gasteiger partial charge in [-0.05, 0) is 6.07 Å². The first-order valence-corrected chi connectivity index (χ1v) is 5.88. The number of nitrogens with zero attached hydrogens (tertiary/aromatic N) is 2. The molecule has 92 valence electrons. The Balaban J connectivity index is 2.16. The normalized spacial score (nSPS) is 10.1. The quantitative estimate of drug-likeness (QED) is 0.939. The fraction of sp³-hybridized carbons (Fsp3) is 0.0833. The molecule has 0 fully saturated rings. The van der Waals surface area contributed by atoms with E-state index in [1.54, 1.807) is 0 Å². The molecule has 0 aliphatic rings. The molecule has 0 amide bonds. The SMILES string of the molecule is O=C(O)c1nccnc1OCc1ccccc1Br. The van der Waals surface area contributed by atoms with Crippen LogP contribution in [0.25, 0.3) is 0 Å². The molecular formula is C12H9BrN2O3. The van der Waals surface area contributed by atoms with E-state index >= 15 is 0 Å². The number of halogens is 1. The Kier molecular flexibility index (Phi) is 3.88. The van der Waals surface area contributed by atoms with Crippen molar-refractivity contribution in [3.8, 4) is 5.88 Å². The van der Waals surface area contributed by atoms with Gasteiger partial charge in [-0.2, -0.15) is 0 Å². The monoisotopic (exact) mass is 308 g/mol. The van der Waals surface area contributed by atoms with Gasteiger partial charge in [-0.1, -0.05) is 34.1 Å². The van der Waals surface area contributed by atoms with E-state index in [2.05, 4.69) is 25.9 Å². The van der Waals surface area contributed by atoms with Gasteiger partial charge in [0.15, 0.2) is 0 Å². The first-order chi connectivity index (χ1) is 8.68. The standard InChI is InChI=1S/C12H9BrN2O3/c13-9-4-2-1-3-8(9)7-18-11-10(12(16)17)14-5-6-15-11/h1-6H,7H2,(H,16,17). The highest BCUT2D eigenvalue weighted by Crippen LogP contribution is 2.19. The first kappa shape index (κ1) is 12.5. The van der Waals surface area contributed by atoms with E-state index in [1.165, 1.54) is 12.4 Å². The van der Waals surface area contributed by atoms with E-state index in [0.29, 0.717) is 0 Å². The molecule has 1 aromatic carbocycles. The maximum Gasteiger partial charge on any atom is 0.360 e. The van der Waals surface area contributed by atoms with Crippen molar-refractivity contribution in [3.63, 3.8) is 0 Å². The van der Waals surface area contributed by atoms with Gasteiger partial charge in [0, 0.05) is 22.4 Å². The summed E-state index contributed by atoms with van der Waals surface area (Å²) in [6.07, 6.45) is 2.70. The number of hydrogen-bond donors (Lipinski definition) is 1. The molecule has 2 aromatic rings. The van der Waals surface area contributed by atoms with Gasteiger partial charge >= 0.3 is 5.97 Å². The topological polar surface area (TPSA) is 72.3 Å². The van der Waals surface area contributed by atoms with Crippen LogP contribution in [0.5, 0.6) is 5.88 Å². The van der Waals surface area contributed by atoms with Crippen molar-refractivity contribution in [2.75, 3.05) is 0 Å². The molecule has 0 aliphatic carbocycles. The summed E-state index contributed by atoms with van der Waals surface area (Å²) >= 11 is 3.38. The second kappa shape index (κ2) is 5.59. The maximum absolute atomic E-state index is 10.9. The highest BCUT2D eigenvalue weighted by atomic mass is 79.9. The van der Waals surface area contributed by atoms with Crippen LogP contribution in [-0.4, -0.2) is 21.0 Å². The molecule has 0 saturated heterocycles. The summed E-state index contributed by atoms with van der Waals surface area (Å²) < 4.78 is 6.28. The Morgan fingerprint density at radius 1 is 1.28 bits per heavy atom. The molecule has 0 atom stereocenters. The summed E-state index contributed by atoms with van der Waals surface area (Å²) in [4.78, 5) is 18.5. The van der Waals surface area contributed by atoms with Crippen molar-refractivity contribution in [3.05, 3.63) is 52.4 Å². The minimum atomic E-state index is -1.16. The van der Waals surface area contributed by atoms with Crippen LogP contribution in [0.3, 0.4) is 0 Å². The second-order valence-corrected chi connectivity index (χ2v) is 4.25. The highest BCUT2D eigenvalue weighted by molar-refractivity contribution is 9.10. The molecule has 1 aromatic heterocycles. The van der Waals surface area contributed by atoms with Crippen molar-refractivity contribution >= 4 is 21.9 Å². The first-order valence-electron chi connectivity index (χ1n) is 5.09. The molecule has 0 unspecified atom stereocenters. The molecule has 18 heavy (non-hydrogen) atoms. The lowest BCUT2D eigenvalue weighted by Crippen LogP contribution is -2.07. The summed E-state index contributed by atoms with van der Waals surface area (Å²) in [5, 5.41) is 8.93. The van der Waals surface area contributed by atoms with Crippen LogP contribution < -0.4 is 4.74 Å². The molecule has 0 radical (unpaired) electrons. The van der Waals surface area contributed by atoms with Gasteiger partial charge in [0.2, 0.25) is 11.6 Å². The van der Waals surface area contributed by atoms with Crippen LogP contribution in [0.15, 0.2) is 41.1 Å². The van der Waals surface area contributed by atoms with Gasteiger partial charge in [0.1, 0.15) is 6.61 Å². The molecule has 6 heteroatoms. The molecule has 2 rings (SSSR count). The predicted molar refractivity (Wildman–Crippen MR) is 67.5 cm³/mol. The summed E-state index contributed by atoms with van der Waals surface area (Å²) in [5.74, 6) is -1.15. The third-order valence-corrected chi connectivity index (χ3v) is 2.96. The molecule has 0 saturated carbocycles. The van der Waals surface area contributed by atoms with Gasteiger partial charge in [-0.3, -0.25) is 0 Å². The van der Waals surface area contributed by atoms with Crippen LogP contribution in [0, 0.1) is 0 Å². The molecule has 1 heterocycles. The van der Waals surface area contributed by atoms with E-state index in [4.69, 9.17) is 9.84 Å². The van der Waals surface area contributed by atoms with E-state index in [0.717, 1.165) is 10.0 Å². The van der Waals surface area contributed by atoms with Gasteiger partial charge in [0.05, 0.1) is 0 Å². The minimum Gasteiger partial charge on any atom is -0.476 e. The number of carboxylic acid groups (broad SMARTS) is 1. The van der Waals surface area contributed by atoms with E-state index in [1.807, 2.05) is 24.3 Å². The Bertz CT molecular complexity index is 575. The lowest BCUT2D eigenvalue weighted by Gasteiger charge is -2.08. The Labute approximate surface area is 112 Å². The summed E-state index contributed by atoms with van der Waals surface area (Å²) in [5.41, 5.74) is 0.712. The number of benzene rings is 1. The number of rotatable bonds is 4. The summed E-state index contributed by atoms with van der Waals surface area (Å²) in [7, 11) is 0. The second-order valence-electron chi connectivity index (χ2n) is 3.40. The summed E-state index contributed by atoms with van der Waals surface area (Å²) in [6.45, 7) is 0.223. The lowest BCUT2D eigenvalue weighted by molar-refractivity contribution is 0.0683. The molecule has 0 spiro atoms. The van der Waals surface area contributed by atoms with Gasteiger partial charge in [0.25, 0.3) is 0 Å². The van der Waals surface area contributed by atoms with Crippen LogP contribution >= 0.6 is 15.9 Å². The fourth-order valence-electron chi connectivity index (χ4n) is 1.34. The minimum absolute atomic E-state index is 0.0146. The third kappa shape index (κ3) is 2.84. The van der Waals surface area contributed by atoms with Crippen LogP contribution in [0.4, 0.5) is 0 Å². The van der Waals surface area contributed by atoms with Crippen LogP contribution in [-0.2, 0) is 6.61 Å². The van der Waals surface area contributed by atoms with Gasteiger partial charge in [-0.25, -0.2) is 14.8 Å². The highest BCUT2D eigenvalue weighted by Gasteiger charge is 2.14. The van der Waals surface area contributed by atoms with E-state index in [-0.39, 0.29) is 18.2 Å². The van der Waals surface area contributed by atoms with Crippen molar-refractivity contribution in [1.82, 2.24) is 9.97 Å². The Hall–Kier alpha value is -1.95. The Morgan fingerprint density at radius 2 is 2.00 bits per heavy atom. The van der Waals surface area contributed by atoms with Gasteiger partial charge in [-0.15, -0.1) is 0 Å². The molecule has 0 aliphatic heterocycles. The number of aromatic nitrogens is 2. The number of carbonyl (C=O) groups is 1. The maximum atomic E-state index is 10.9. The average Bonchev–Trinajstić information content (AvgIpc) is 2.38. The van der Waals surface area contributed by atoms with Crippen molar-refractivity contribution in [2.24, 2.45) is 0 Å². The van der Waals surface area contributed by atoms with Gasteiger partial charge < -0.3 is 9.84 Å². The molecule has 5 nitrogen and oxygen atoms in total. The zero-order chi connectivity index (χ0) is 13.0. The fourth-order valence-corrected chi connectivity index (χ4v) is 1.74. The predicted octanol–water partition coefficient (Wildman–Crippen LogP) is 2.52. The van der Waals surface area contributed by atoms with Crippen LogP contribution in [0.1, 0.15) is 16.1 Å². The Morgan fingerprint density at radius 3 is 2.72 bits per heavy atom. The lowest BCUT2D eigenvalue weighted by atomic mass is 10.2. The summed E-state index contributed by atoms with van der Waals surface area (Å²) in [6, 6.07) is 7.52. The third-order valence-electron chi connectivity index (χ3n) is 2.19. The smallest absolute Gasteiger partial charge is 0.360 e. The largest absolute Gasteiger partial charge is 0.476 e. The number of hydrogen-bond acceptors (Lipinski definition) is 4. The molecule has 1 N–H and O–H groups in total. The number of aromatic carboxylic acids is 1.